The first kappa shape index (κ1) is 100. The summed E-state index contributed by atoms with van der Waals surface area (Å²) >= 11 is 0. The molecule has 0 aromatic heterocycles. The molecule has 0 bridgehead atoms. The van der Waals surface area contributed by atoms with Gasteiger partial charge in [0.15, 0.2) is 12.2 Å². The first-order valence-corrected chi connectivity index (χ1v) is 43.0. The normalized spacial score (nSPS) is 14.8. The fraction of sp³-hybridized carbons (Fsp3) is 0.609. The lowest BCUT2D eigenvalue weighted by atomic mass is 10.1. The van der Waals surface area contributed by atoms with Crippen LogP contribution in [0.4, 0.5) is 0 Å². The van der Waals surface area contributed by atoms with Crippen molar-refractivity contribution in [3.05, 3.63) is 182 Å². The molecule has 0 aliphatic heterocycles. The molecule has 19 heteroatoms. The summed E-state index contributed by atoms with van der Waals surface area (Å²) in [5.74, 6) is -2.36. The number of hydrogen-bond donors (Lipinski definition) is 3. The third-order valence-corrected chi connectivity index (χ3v) is 17.8. The largest absolute Gasteiger partial charge is 0.472 e. The van der Waals surface area contributed by atoms with Crippen molar-refractivity contribution in [2.24, 2.45) is 0 Å². The molecule has 0 saturated carbocycles. The first-order chi connectivity index (χ1) is 51.7. The van der Waals surface area contributed by atoms with Crippen molar-refractivity contribution in [1.82, 2.24) is 0 Å². The van der Waals surface area contributed by atoms with Crippen molar-refractivity contribution >= 4 is 39.5 Å². The summed E-state index contributed by atoms with van der Waals surface area (Å²) in [6.45, 7) is 4.34. The van der Waals surface area contributed by atoms with Crippen molar-refractivity contribution in [3.8, 4) is 0 Å². The fourth-order valence-corrected chi connectivity index (χ4v) is 11.4. The Kier molecular flexibility index (Phi) is 73.1. The second kappa shape index (κ2) is 77.3. The Morgan fingerprint density at radius 1 is 0.274 bits per heavy atom. The lowest BCUT2D eigenvalue weighted by Crippen LogP contribution is -2.30. The van der Waals surface area contributed by atoms with Crippen LogP contribution in [0.5, 0.6) is 0 Å². The zero-order chi connectivity index (χ0) is 77.4. The third kappa shape index (κ3) is 76.4. The van der Waals surface area contributed by atoms with Crippen LogP contribution in [-0.2, 0) is 65.4 Å². The van der Waals surface area contributed by atoms with Crippen LogP contribution in [-0.4, -0.2) is 96.7 Å². The van der Waals surface area contributed by atoms with Crippen molar-refractivity contribution in [3.63, 3.8) is 0 Å². The molecule has 3 N–H and O–H groups in total. The molecule has 106 heavy (non-hydrogen) atoms. The minimum absolute atomic E-state index is 0.0196. The standard InChI is InChI=1S/C87H140O17P2/c1-5-9-13-17-21-25-29-33-36-38-40-42-45-48-51-55-59-63-67-71-84(89)97-77-82(103-86(91)73-69-65-61-57-53-47-32-28-24-20-16-12-8-4)79-101-105(93,94)99-75-81(88)76-100-106(95,96)102-80-83(104-87(92)74-70-66-62-58-54-50-44-35-31-27-23-19-15-11-7-3)78-98-85(90)72-68-64-60-56-52-49-46-43-41-39-37-34-30-26-22-18-14-10-6-2/h9-11,13-15,21-23,25-28,32-37,40-44,49,52,54,58,60,64,81-83,88H,5-8,12,16-20,24,29-31,38-39,45-48,50-51,53,55-57,59,61-63,65-80H2,1-4H3,(H,93,94)(H,95,96)/b13-9-,14-10-,15-11-,25-21-,26-22-,27-23-,32-28-,36-33-,37-34-,42-40-,43-41-,44-35-,52-49-,58-54-,64-60-. The van der Waals surface area contributed by atoms with Crippen LogP contribution in [0.25, 0.3) is 0 Å². The van der Waals surface area contributed by atoms with Gasteiger partial charge in [-0.1, -0.05) is 274 Å². The van der Waals surface area contributed by atoms with Gasteiger partial charge in [0, 0.05) is 25.7 Å². The molecule has 600 valence electrons. The fourth-order valence-electron chi connectivity index (χ4n) is 9.87. The van der Waals surface area contributed by atoms with E-state index in [9.17, 15) is 43.2 Å². The molecule has 0 fully saturated rings. The van der Waals surface area contributed by atoms with Crippen LogP contribution in [0.15, 0.2) is 182 Å². The minimum Gasteiger partial charge on any atom is -0.462 e. The third-order valence-electron chi connectivity index (χ3n) is 15.9. The molecule has 0 aliphatic rings. The van der Waals surface area contributed by atoms with E-state index in [2.05, 4.69) is 186 Å². The molecule has 0 aromatic rings. The number of phosphoric acid groups is 2. The summed E-state index contributed by atoms with van der Waals surface area (Å²) in [5.41, 5.74) is 0. The highest BCUT2D eigenvalue weighted by Gasteiger charge is 2.30. The van der Waals surface area contributed by atoms with E-state index in [0.717, 1.165) is 167 Å². The predicted molar refractivity (Wildman–Crippen MR) is 436 cm³/mol. The van der Waals surface area contributed by atoms with Crippen LogP contribution in [0.1, 0.15) is 285 Å². The maximum Gasteiger partial charge on any atom is 0.472 e. The van der Waals surface area contributed by atoms with Gasteiger partial charge < -0.3 is 33.8 Å². The van der Waals surface area contributed by atoms with Crippen molar-refractivity contribution in [1.29, 1.82) is 0 Å². The summed E-state index contributed by atoms with van der Waals surface area (Å²) < 4.78 is 68.5. The molecule has 5 unspecified atom stereocenters. The van der Waals surface area contributed by atoms with Gasteiger partial charge in [0.1, 0.15) is 19.3 Å². The zero-order valence-electron chi connectivity index (χ0n) is 65.5. The first-order valence-electron chi connectivity index (χ1n) is 40.0. The summed E-state index contributed by atoms with van der Waals surface area (Å²) in [7, 11) is -10.0. The number of aliphatic hydroxyl groups excluding tert-OH is 1. The quantitative estimate of drug-likeness (QED) is 0.0169. The molecule has 0 aromatic carbocycles. The van der Waals surface area contributed by atoms with Crippen LogP contribution < -0.4 is 0 Å². The molecule has 0 aliphatic carbocycles. The summed E-state index contributed by atoms with van der Waals surface area (Å²) in [6.07, 6.45) is 93.2. The van der Waals surface area contributed by atoms with Crippen molar-refractivity contribution in [2.75, 3.05) is 39.6 Å². The Bertz CT molecular complexity index is 2730. The average molecular weight is 1520 g/mol. The number of allylic oxidation sites excluding steroid dienone is 30. The highest BCUT2D eigenvalue weighted by atomic mass is 31.2. The molecule has 0 spiro atoms. The van der Waals surface area contributed by atoms with Gasteiger partial charge in [-0.2, -0.15) is 0 Å². The maximum absolute atomic E-state index is 13.1. The molecule has 0 rings (SSSR count). The van der Waals surface area contributed by atoms with Crippen LogP contribution >= 0.6 is 15.6 Å². The maximum atomic E-state index is 13.1. The van der Waals surface area contributed by atoms with Crippen molar-refractivity contribution < 1.29 is 80.2 Å². The lowest BCUT2D eigenvalue weighted by Gasteiger charge is -2.21. The molecule has 0 radical (unpaired) electrons. The molecule has 0 saturated heterocycles. The Labute approximate surface area is 641 Å². The van der Waals surface area contributed by atoms with Gasteiger partial charge in [0.2, 0.25) is 0 Å². The molecule has 0 heterocycles. The molecule has 0 amide bonds. The van der Waals surface area contributed by atoms with Gasteiger partial charge in [-0.05, 0) is 167 Å². The minimum atomic E-state index is -5.01. The topological polar surface area (TPSA) is 237 Å². The number of hydrogen-bond acceptors (Lipinski definition) is 15. The Hall–Kier alpha value is -5.84. The molecule has 5 atom stereocenters. The van der Waals surface area contributed by atoms with E-state index in [1.165, 1.54) is 25.7 Å². The van der Waals surface area contributed by atoms with E-state index in [1.807, 2.05) is 24.3 Å². The van der Waals surface area contributed by atoms with E-state index in [0.29, 0.717) is 38.5 Å². The number of aliphatic hydroxyl groups is 1. The number of rotatable bonds is 73. The van der Waals surface area contributed by atoms with Crippen LogP contribution in [0.3, 0.4) is 0 Å². The average Bonchev–Trinajstić information content (AvgIpc) is 0.933. The van der Waals surface area contributed by atoms with E-state index in [1.54, 1.807) is 0 Å². The van der Waals surface area contributed by atoms with Crippen molar-refractivity contribution in [2.45, 2.75) is 303 Å². The Morgan fingerprint density at radius 3 is 0.840 bits per heavy atom. The Balaban J connectivity index is 5.47. The van der Waals surface area contributed by atoms with E-state index >= 15 is 0 Å². The number of ether oxygens (including phenoxy) is 4. The van der Waals surface area contributed by atoms with Gasteiger partial charge in [0.05, 0.1) is 26.4 Å². The summed E-state index contributed by atoms with van der Waals surface area (Å²) in [6, 6.07) is 0. The highest BCUT2D eigenvalue weighted by Crippen LogP contribution is 2.45. The predicted octanol–water partition coefficient (Wildman–Crippen LogP) is 23.6. The van der Waals surface area contributed by atoms with Gasteiger partial charge >= 0.3 is 39.5 Å². The smallest absolute Gasteiger partial charge is 0.462 e. The van der Waals surface area contributed by atoms with Crippen LogP contribution in [0, 0.1) is 0 Å². The van der Waals surface area contributed by atoms with E-state index in [4.69, 9.17) is 37.0 Å². The molecular formula is C87H140O17P2. The second-order valence-electron chi connectivity index (χ2n) is 25.9. The second-order valence-corrected chi connectivity index (χ2v) is 28.8. The number of carbonyl (C=O) groups is 4. The van der Waals surface area contributed by atoms with Crippen LogP contribution in [0.2, 0.25) is 0 Å². The van der Waals surface area contributed by atoms with Gasteiger partial charge in [-0.15, -0.1) is 0 Å². The van der Waals surface area contributed by atoms with Gasteiger partial charge in [-0.3, -0.25) is 37.3 Å². The van der Waals surface area contributed by atoms with Gasteiger partial charge in [0.25, 0.3) is 0 Å². The monoisotopic (exact) mass is 1520 g/mol. The highest BCUT2D eigenvalue weighted by molar-refractivity contribution is 7.47. The number of phosphoric ester groups is 2. The molecule has 17 nitrogen and oxygen atoms in total. The zero-order valence-corrected chi connectivity index (χ0v) is 67.3. The number of carbonyl (C=O) groups excluding carboxylic acids is 4. The Morgan fingerprint density at radius 2 is 0.509 bits per heavy atom. The number of esters is 4. The SMILES string of the molecule is CC/C=C\C/C=C\C/C=C\C/C=C\C/C=C\C/C=C\CCC(=O)OCC(COP(=O)(O)OCC(O)COP(=O)(O)OCC(COC(=O)CCCCCCCC/C=C\C/C=C\C/C=C\C/C=C\CC)OC(=O)CCCCCCC/C=C\CCCCCC)OC(=O)CCCC/C=C\C/C=C\C/C=C\C/C=C\CC. The van der Waals surface area contributed by atoms with Gasteiger partial charge in [-0.25, -0.2) is 9.13 Å². The molecular weight excluding hydrogens is 1380 g/mol. The summed E-state index contributed by atoms with van der Waals surface area (Å²) in [4.78, 5) is 73.0. The lowest BCUT2D eigenvalue weighted by molar-refractivity contribution is -0.161. The number of unbranched alkanes of at least 4 members (excludes halogenated alkanes) is 17. The van der Waals surface area contributed by atoms with E-state index < -0.39 is 97.5 Å². The summed E-state index contributed by atoms with van der Waals surface area (Å²) in [5, 5.41) is 10.6. The van der Waals surface area contributed by atoms with E-state index in [-0.39, 0.29) is 25.7 Å².